The Morgan fingerprint density at radius 3 is 2.59 bits per heavy atom. The van der Waals surface area contributed by atoms with Crippen LogP contribution < -0.4 is 5.73 Å². The van der Waals surface area contributed by atoms with Gasteiger partial charge in [-0.05, 0) is 37.0 Å². The van der Waals surface area contributed by atoms with Gasteiger partial charge >= 0.3 is 0 Å². The van der Waals surface area contributed by atoms with Crippen LogP contribution in [0.15, 0.2) is 23.1 Å². The summed E-state index contributed by atoms with van der Waals surface area (Å²) in [5.74, 6) is 0.967. The molecule has 2 nitrogen and oxygen atoms in total. The average molecular weight is 292 g/mol. The van der Waals surface area contributed by atoms with Gasteiger partial charge in [0.15, 0.2) is 0 Å². The zero-order valence-electron chi connectivity index (χ0n) is 9.33. The number of rotatable bonds is 5. The van der Waals surface area contributed by atoms with Gasteiger partial charge in [-0.1, -0.05) is 23.2 Å². The van der Waals surface area contributed by atoms with Gasteiger partial charge in [0.05, 0.1) is 15.6 Å². The molecule has 0 aliphatic heterocycles. The summed E-state index contributed by atoms with van der Waals surface area (Å²) in [7, 11) is 0. The fourth-order valence-corrected chi connectivity index (χ4v) is 3.24. The minimum Gasteiger partial charge on any atom is -0.387 e. The molecule has 5 heteroatoms. The third-order valence-electron chi connectivity index (χ3n) is 3.07. The Balaban J connectivity index is 1.98. The number of aliphatic hydroxyl groups is 1. The largest absolute Gasteiger partial charge is 0.387 e. The zero-order chi connectivity index (χ0) is 12.5. The first kappa shape index (κ1) is 13.5. The predicted octanol–water partition coefficient (Wildman–Crippen LogP) is 3.19. The van der Waals surface area contributed by atoms with Gasteiger partial charge in [-0.15, -0.1) is 11.8 Å². The number of halogens is 2. The zero-order valence-corrected chi connectivity index (χ0v) is 11.7. The second kappa shape index (κ2) is 5.37. The Bertz CT molecular complexity index is 411. The first-order valence-electron chi connectivity index (χ1n) is 5.55. The fourth-order valence-electron chi connectivity index (χ4n) is 1.74. The van der Waals surface area contributed by atoms with E-state index < -0.39 is 5.60 Å². The van der Waals surface area contributed by atoms with E-state index in [1.54, 1.807) is 17.8 Å². The van der Waals surface area contributed by atoms with Crippen molar-refractivity contribution in [3.8, 4) is 0 Å². The van der Waals surface area contributed by atoms with Crippen molar-refractivity contribution in [1.82, 2.24) is 0 Å². The summed E-state index contributed by atoms with van der Waals surface area (Å²) < 4.78 is 0. The molecule has 17 heavy (non-hydrogen) atoms. The minimum absolute atomic E-state index is 0.311. The monoisotopic (exact) mass is 291 g/mol. The summed E-state index contributed by atoms with van der Waals surface area (Å²) in [5.41, 5.74) is 4.92. The van der Waals surface area contributed by atoms with Crippen molar-refractivity contribution in [3.63, 3.8) is 0 Å². The van der Waals surface area contributed by atoms with Gasteiger partial charge in [0.1, 0.15) is 0 Å². The molecule has 0 heterocycles. The van der Waals surface area contributed by atoms with Crippen molar-refractivity contribution in [1.29, 1.82) is 0 Å². The van der Waals surface area contributed by atoms with E-state index in [9.17, 15) is 5.11 Å². The molecule has 1 saturated carbocycles. The van der Waals surface area contributed by atoms with Gasteiger partial charge < -0.3 is 10.8 Å². The van der Waals surface area contributed by atoms with E-state index in [2.05, 4.69) is 0 Å². The van der Waals surface area contributed by atoms with E-state index in [1.165, 1.54) is 0 Å². The lowest BCUT2D eigenvalue weighted by molar-refractivity contribution is 0.0510. The van der Waals surface area contributed by atoms with Crippen LogP contribution in [0.4, 0.5) is 0 Å². The maximum Gasteiger partial charge on any atom is 0.0890 e. The van der Waals surface area contributed by atoms with Crippen LogP contribution in [0.1, 0.15) is 12.8 Å². The molecule has 1 atom stereocenters. The molecule has 94 valence electrons. The summed E-state index contributed by atoms with van der Waals surface area (Å²) in [6.07, 6.45) is 2.16. The predicted molar refractivity (Wildman–Crippen MR) is 73.9 cm³/mol. The van der Waals surface area contributed by atoms with Gasteiger partial charge in [0.25, 0.3) is 0 Å². The smallest absolute Gasteiger partial charge is 0.0890 e. The van der Waals surface area contributed by atoms with Crippen LogP contribution in [-0.4, -0.2) is 23.0 Å². The van der Waals surface area contributed by atoms with Crippen LogP contribution in [0.3, 0.4) is 0 Å². The second-order valence-corrected chi connectivity index (χ2v) is 6.31. The lowest BCUT2D eigenvalue weighted by atomic mass is 10.0. The Hall–Kier alpha value is 0.0700. The molecule has 3 N–H and O–H groups in total. The van der Waals surface area contributed by atoms with Crippen LogP contribution >= 0.6 is 35.0 Å². The van der Waals surface area contributed by atoms with Crippen molar-refractivity contribution < 1.29 is 5.11 Å². The molecule has 1 aliphatic rings. The van der Waals surface area contributed by atoms with E-state index in [0.29, 0.717) is 28.3 Å². The molecule has 1 aromatic carbocycles. The molecule has 0 bridgehead atoms. The van der Waals surface area contributed by atoms with Crippen LogP contribution in [-0.2, 0) is 0 Å². The highest BCUT2D eigenvalue weighted by atomic mass is 35.5. The highest BCUT2D eigenvalue weighted by Gasteiger charge is 2.42. The normalized spacial score (nSPS) is 19.1. The van der Waals surface area contributed by atoms with E-state index in [-0.39, 0.29) is 0 Å². The Kier molecular flexibility index (Phi) is 4.26. The third kappa shape index (κ3) is 3.30. The average Bonchev–Trinajstić information content (AvgIpc) is 3.14. The van der Waals surface area contributed by atoms with E-state index in [4.69, 9.17) is 28.9 Å². The third-order valence-corrected chi connectivity index (χ3v) is 5.04. The lowest BCUT2D eigenvalue weighted by Crippen LogP contribution is -2.42. The van der Waals surface area contributed by atoms with Crippen molar-refractivity contribution in [3.05, 3.63) is 28.2 Å². The second-order valence-electron chi connectivity index (χ2n) is 4.45. The number of hydrogen-bond donors (Lipinski definition) is 2. The number of nitrogens with two attached hydrogens (primary N) is 1. The van der Waals surface area contributed by atoms with Crippen LogP contribution in [0.5, 0.6) is 0 Å². The van der Waals surface area contributed by atoms with Gasteiger partial charge in [0.2, 0.25) is 0 Å². The Morgan fingerprint density at radius 2 is 2.06 bits per heavy atom. The summed E-state index contributed by atoms with van der Waals surface area (Å²) in [5, 5.41) is 11.4. The molecule has 0 aromatic heterocycles. The van der Waals surface area contributed by atoms with Crippen molar-refractivity contribution in [2.45, 2.75) is 23.3 Å². The maximum atomic E-state index is 10.3. The van der Waals surface area contributed by atoms with Gasteiger partial charge in [-0.2, -0.15) is 0 Å². The summed E-state index contributed by atoms with van der Waals surface area (Å²) in [6, 6.07) is 5.49. The van der Waals surface area contributed by atoms with Gasteiger partial charge in [-0.25, -0.2) is 0 Å². The summed E-state index contributed by atoms with van der Waals surface area (Å²) in [4.78, 5) is 1.01. The molecule has 0 amide bonds. The molecule has 1 aliphatic carbocycles. The van der Waals surface area contributed by atoms with Crippen LogP contribution in [0.2, 0.25) is 10.0 Å². The highest BCUT2D eigenvalue weighted by molar-refractivity contribution is 7.99. The van der Waals surface area contributed by atoms with Gasteiger partial charge in [-0.3, -0.25) is 0 Å². The summed E-state index contributed by atoms with van der Waals surface area (Å²) in [6.45, 7) is 0.311. The topological polar surface area (TPSA) is 46.2 Å². The molecule has 1 unspecified atom stereocenters. The van der Waals surface area contributed by atoms with Crippen molar-refractivity contribution in [2.75, 3.05) is 12.3 Å². The van der Waals surface area contributed by atoms with Crippen LogP contribution in [0, 0.1) is 5.92 Å². The first-order chi connectivity index (χ1) is 8.05. The Labute approximate surface area is 115 Å². The number of hydrogen-bond acceptors (Lipinski definition) is 3. The molecule has 0 radical (unpaired) electrons. The molecule has 0 spiro atoms. The first-order valence-corrected chi connectivity index (χ1v) is 7.29. The van der Waals surface area contributed by atoms with E-state index in [0.717, 1.165) is 17.7 Å². The summed E-state index contributed by atoms with van der Waals surface area (Å²) >= 11 is 13.4. The quantitative estimate of drug-likeness (QED) is 0.819. The molecular weight excluding hydrogens is 277 g/mol. The fraction of sp³-hybridized carbons (Fsp3) is 0.500. The standard InChI is InChI=1S/C12H15Cl2NOS/c13-10-4-3-9(5-11(10)14)17-7-12(16,6-15)8-1-2-8/h3-5,8,16H,1-2,6-7,15H2. The number of benzene rings is 1. The van der Waals surface area contributed by atoms with Crippen molar-refractivity contribution in [2.24, 2.45) is 11.7 Å². The molecule has 1 fully saturated rings. The molecular formula is C12H15Cl2NOS. The van der Waals surface area contributed by atoms with E-state index in [1.807, 2.05) is 12.1 Å². The molecule has 0 saturated heterocycles. The molecule has 1 aromatic rings. The van der Waals surface area contributed by atoms with Gasteiger partial charge in [0, 0.05) is 17.2 Å². The highest BCUT2D eigenvalue weighted by Crippen LogP contribution is 2.42. The molecule has 2 rings (SSSR count). The Morgan fingerprint density at radius 1 is 1.35 bits per heavy atom. The van der Waals surface area contributed by atoms with E-state index >= 15 is 0 Å². The lowest BCUT2D eigenvalue weighted by Gasteiger charge is -2.25. The SMILES string of the molecule is NCC(O)(CSc1ccc(Cl)c(Cl)c1)C1CC1. The minimum atomic E-state index is -0.739. The van der Waals surface area contributed by atoms with Crippen LogP contribution in [0.25, 0.3) is 0 Å². The maximum absolute atomic E-state index is 10.3. The number of thioether (sulfide) groups is 1. The van der Waals surface area contributed by atoms with Crippen molar-refractivity contribution >= 4 is 35.0 Å².